The van der Waals surface area contributed by atoms with Crippen molar-refractivity contribution >= 4 is 11.8 Å². The van der Waals surface area contributed by atoms with E-state index in [2.05, 4.69) is 4.98 Å². The van der Waals surface area contributed by atoms with Crippen LogP contribution in [-0.4, -0.2) is 25.6 Å². The van der Waals surface area contributed by atoms with E-state index in [0.717, 1.165) is 0 Å². The van der Waals surface area contributed by atoms with Crippen LogP contribution in [0.5, 0.6) is 0 Å². The van der Waals surface area contributed by atoms with E-state index in [1.165, 1.54) is 10.8 Å². The SMILES string of the molecule is Cc1ncc([N+](=O)[O-])n1CCCC(=O)O. The van der Waals surface area contributed by atoms with Gasteiger partial charge < -0.3 is 15.2 Å². The zero-order valence-corrected chi connectivity index (χ0v) is 8.21. The van der Waals surface area contributed by atoms with Gasteiger partial charge >= 0.3 is 11.8 Å². The summed E-state index contributed by atoms with van der Waals surface area (Å²) >= 11 is 0. The Balaban J connectivity index is 2.70. The van der Waals surface area contributed by atoms with E-state index in [9.17, 15) is 14.9 Å². The molecule has 0 aliphatic rings. The van der Waals surface area contributed by atoms with E-state index in [0.29, 0.717) is 18.8 Å². The first-order chi connectivity index (χ1) is 7.02. The lowest BCUT2D eigenvalue weighted by Gasteiger charge is -2.00. The Hall–Kier alpha value is -1.92. The van der Waals surface area contributed by atoms with Crippen molar-refractivity contribution in [2.45, 2.75) is 26.3 Å². The number of hydrogen-bond acceptors (Lipinski definition) is 4. The fourth-order valence-electron chi connectivity index (χ4n) is 1.27. The number of carboxylic acids is 1. The summed E-state index contributed by atoms with van der Waals surface area (Å²) in [5, 5.41) is 19.0. The predicted molar refractivity (Wildman–Crippen MR) is 50.5 cm³/mol. The summed E-state index contributed by atoms with van der Waals surface area (Å²) in [5.74, 6) is -0.486. The molecule has 1 aromatic heterocycles. The Morgan fingerprint density at radius 3 is 2.93 bits per heavy atom. The van der Waals surface area contributed by atoms with Gasteiger partial charge in [-0.3, -0.25) is 4.79 Å². The molecule has 15 heavy (non-hydrogen) atoms. The lowest BCUT2D eigenvalue weighted by atomic mass is 10.3. The van der Waals surface area contributed by atoms with Gasteiger partial charge in [-0.2, -0.15) is 0 Å². The Labute approximate surface area is 85.5 Å². The zero-order valence-electron chi connectivity index (χ0n) is 8.21. The summed E-state index contributed by atoms with van der Waals surface area (Å²) in [4.78, 5) is 24.1. The number of aromatic nitrogens is 2. The van der Waals surface area contributed by atoms with Crippen LogP contribution in [0.4, 0.5) is 5.82 Å². The van der Waals surface area contributed by atoms with E-state index < -0.39 is 10.9 Å². The van der Waals surface area contributed by atoms with Crippen molar-refractivity contribution in [2.75, 3.05) is 0 Å². The molecule has 1 N–H and O–H groups in total. The van der Waals surface area contributed by atoms with Gasteiger partial charge in [-0.15, -0.1) is 0 Å². The van der Waals surface area contributed by atoms with Crippen LogP contribution in [0.2, 0.25) is 0 Å². The molecule has 0 spiro atoms. The lowest BCUT2D eigenvalue weighted by Crippen LogP contribution is -2.06. The summed E-state index contributed by atoms with van der Waals surface area (Å²) in [6.45, 7) is 1.95. The van der Waals surface area contributed by atoms with Crippen molar-refractivity contribution in [1.82, 2.24) is 9.55 Å². The molecule has 0 aliphatic heterocycles. The van der Waals surface area contributed by atoms with E-state index in [-0.39, 0.29) is 12.2 Å². The summed E-state index contributed by atoms with van der Waals surface area (Å²) in [6.07, 6.45) is 1.53. The van der Waals surface area contributed by atoms with Crippen LogP contribution in [0.25, 0.3) is 0 Å². The van der Waals surface area contributed by atoms with E-state index in [1.807, 2.05) is 0 Å². The number of imidazole rings is 1. The van der Waals surface area contributed by atoms with Gasteiger partial charge in [0.05, 0.1) is 6.54 Å². The third kappa shape index (κ3) is 2.76. The molecule has 0 fully saturated rings. The minimum absolute atomic E-state index is 0.00518. The fourth-order valence-corrected chi connectivity index (χ4v) is 1.27. The molecule has 0 aromatic carbocycles. The maximum Gasteiger partial charge on any atom is 0.342 e. The molecule has 0 atom stereocenters. The van der Waals surface area contributed by atoms with Crippen molar-refractivity contribution in [3.05, 3.63) is 22.1 Å². The van der Waals surface area contributed by atoms with Crippen molar-refractivity contribution < 1.29 is 14.8 Å². The van der Waals surface area contributed by atoms with Gasteiger partial charge in [0.1, 0.15) is 6.20 Å². The number of aliphatic carboxylic acids is 1. The maximum atomic E-state index is 10.6. The molecule has 7 nitrogen and oxygen atoms in total. The smallest absolute Gasteiger partial charge is 0.342 e. The molecule has 82 valence electrons. The van der Waals surface area contributed by atoms with Crippen LogP contribution in [0, 0.1) is 17.0 Å². The van der Waals surface area contributed by atoms with Crippen LogP contribution >= 0.6 is 0 Å². The molecule has 7 heteroatoms. The molecule has 0 amide bonds. The second-order valence-corrected chi connectivity index (χ2v) is 3.07. The van der Waals surface area contributed by atoms with Crippen LogP contribution in [0.3, 0.4) is 0 Å². The van der Waals surface area contributed by atoms with Gasteiger partial charge in [-0.1, -0.05) is 0 Å². The molecule has 1 heterocycles. The largest absolute Gasteiger partial charge is 0.481 e. The zero-order chi connectivity index (χ0) is 11.4. The number of carboxylic acid groups (broad SMARTS) is 1. The minimum Gasteiger partial charge on any atom is -0.481 e. The first-order valence-electron chi connectivity index (χ1n) is 4.40. The summed E-state index contributed by atoms with van der Waals surface area (Å²) in [6, 6.07) is 0. The first kappa shape index (κ1) is 11.2. The van der Waals surface area contributed by atoms with Gasteiger partial charge in [-0.05, 0) is 11.3 Å². The number of nitrogens with zero attached hydrogens (tertiary/aromatic N) is 3. The van der Waals surface area contributed by atoms with Crippen LogP contribution in [0.15, 0.2) is 6.20 Å². The van der Waals surface area contributed by atoms with Crippen molar-refractivity contribution in [2.24, 2.45) is 0 Å². The quantitative estimate of drug-likeness (QED) is 0.580. The van der Waals surface area contributed by atoms with Crippen LogP contribution in [0.1, 0.15) is 18.7 Å². The number of aryl methyl sites for hydroxylation is 1. The van der Waals surface area contributed by atoms with Crippen molar-refractivity contribution in [1.29, 1.82) is 0 Å². The average molecular weight is 213 g/mol. The van der Waals surface area contributed by atoms with Gasteiger partial charge in [0.15, 0.2) is 5.82 Å². The van der Waals surface area contributed by atoms with Gasteiger partial charge in [-0.25, -0.2) is 9.55 Å². The summed E-state index contributed by atoms with van der Waals surface area (Å²) < 4.78 is 1.41. The molecule has 0 aliphatic carbocycles. The highest BCUT2D eigenvalue weighted by atomic mass is 16.6. The number of carbonyl (C=O) groups is 1. The van der Waals surface area contributed by atoms with Crippen molar-refractivity contribution in [3.8, 4) is 0 Å². The fraction of sp³-hybridized carbons (Fsp3) is 0.500. The molecular weight excluding hydrogens is 202 g/mol. The topological polar surface area (TPSA) is 98.3 Å². The Bertz CT molecular complexity index is 385. The highest BCUT2D eigenvalue weighted by Gasteiger charge is 2.16. The van der Waals surface area contributed by atoms with Crippen LogP contribution < -0.4 is 0 Å². The molecule has 0 saturated heterocycles. The highest BCUT2D eigenvalue weighted by molar-refractivity contribution is 5.66. The monoisotopic (exact) mass is 213 g/mol. The van der Waals surface area contributed by atoms with Gasteiger partial charge in [0.25, 0.3) is 0 Å². The Morgan fingerprint density at radius 1 is 1.73 bits per heavy atom. The number of hydrogen-bond donors (Lipinski definition) is 1. The third-order valence-corrected chi connectivity index (χ3v) is 1.99. The van der Waals surface area contributed by atoms with Gasteiger partial charge in [0.2, 0.25) is 0 Å². The molecule has 0 unspecified atom stereocenters. The normalized spacial score (nSPS) is 10.2. The van der Waals surface area contributed by atoms with Crippen LogP contribution in [-0.2, 0) is 11.3 Å². The van der Waals surface area contributed by atoms with E-state index in [1.54, 1.807) is 6.92 Å². The molecular formula is C8H11N3O4. The molecule has 0 bridgehead atoms. The predicted octanol–water partition coefficient (Wildman–Crippen LogP) is 0.965. The van der Waals surface area contributed by atoms with Crippen molar-refractivity contribution in [3.63, 3.8) is 0 Å². The lowest BCUT2D eigenvalue weighted by molar-refractivity contribution is -0.392. The highest BCUT2D eigenvalue weighted by Crippen LogP contribution is 2.14. The number of nitro groups is 1. The third-order valence-electron chi connectivity index (χ3n) is 1.99. The average Bonchev–Trinajstić information content (AvgIpc) is 2.47. The molecule has 1 aromatic rings. The Kier molecular flexibility index (Phi) is 3.37. The number of rotatable bonds is 5. The molecule has 0 radical (unpaired) electrons. The first-order valence-corrected chi connectivity index (χ1v) is 4.40. The second-order valence-electron chi connectivity index (χ2n) is 3.07. The maximum absolute atomic E-state index is 10.6. The molecule has 1 rings (SSSR count). The summed E-state index contributed by atoms with van der Waals surface area (Å²) in [5.41, 5.74) is 0. The van der Waals surface area contributed by atoms with E-state index >= 15 is 0 Å². The minimum atomic E-state index is -0.907. The van der Waals surface area contributed by atoms with Gasteiger partial charge in [0, 0.05) is 13.3 Å². The molecule has 0 saturated carbocycles. The Morgan fingerprint density at radius 2 is 2.40 bits per heavy atom. The van der Waals surface area contributed by atoms with E-state index in [4.69, 9.17) is 5.11 Å². The standard InChI is InChI=1S/C8H11N3O4/c1-6-9-5-7(11(14)15)10(6)4-2-3-8(12)13/h5H,2-4H2,1H3,(H,12,13). The summed E-state index contributed by atoms with van der Waals surface area (Å²) in [7, 11) is 0. The second kappa shape index (κ2) is 4.54.